The van der Waals surface area contributed by atoms with Gasteiger partial charge in [0.1, 0.15) is 5.75 Å². The molecule has 0 spiro atoms. The first-order valence-corrected chi connectivity index (χ1v) is 6.26. The highest BCUT2D eigenvalue weighted by Gasteiger charge is 2.06. The molecular formula is C15H14ClNO2. The normalized spacial score (nSPS) is 10.2. The van der Waals surface area contributed by atoms with Gasteiger partial charge in [-0.15, -0.1) is 0 Å². The monoisotopic (exact) mass is 275 g/mol. The van der Waals surface area contributed by atoms with Crippen LogP contribution in [-0.4, -0.2) is 11.0 Å². The molecule has 0 aliphatic rings. The van der Waals surface area contributed by atoms with Crippen molar-refractivity contribution in [1.82, 2.24) is 0 Å². The fourth-order valence-electron chi connectivity index (χ4n) is 1.72. The first kappa shape index (κ1) is 13.4. The smallest absolute Gasteiger partial charge is 0.228 e. The molecule has 0 saturated heterocycles. The number of amides is 1. The number of phenolic OH excluding ortho intramolecular Hbond substituents is 1. The van der Waals surface area contributed by atoms with Crippen molar-refractivity contribution in [3.63, 3.8) is 0 Å². The van der Waals surface area contributed by atoms with Gasteiger partial charge in [-0.3, -0.25) is 4.79 Å². The Labute approximate surface area is 116 Å². The molecule has 2 rings (SSSR count). The summed E-state index contributed by atoms with van der Waals surface area (Å²) in [6.07, 6.45) is 0.245. The second kappa shape index (κ2) is 5.76. The number of aryl methyl sites for hydroxylation is 1. The van der Waals surface area contributed by atoms with Gasteiger partial charge in [-0.25, -0.2) is 0 Å². The third-order valence-corrected chi connectivity index (χ3v) is 2.98. The van der Waals surface area contributed by atoms with E-state index >= 15 is 0 Å². The number of rotatable bonds is 3. The van der Waals surface area contributed by atoms with Crippen LogP contribution in [0.25, 0.3) is 0 Å². The van der Waals surface area contributed by atoms with Crippen molar-refractivity contribution in [2.45, 2.75) is 13.3 Å². The average molecular weight is 276 g/mol. The second-order valence-electron chi connectivity index (χ2n) is 4.36. The molecule has 0 saturated carbocycles. The molecule has 0 aromatic heterocycles. The number of hydrogen-bond acceptors (Lipinski definition) is 2. The first-order chi connectivity index (χ1) is 9.04. The molecular weight excluding hydrogens is 262 g/mol. The fourth-order valence-corrected chi connectivity index (χ4v) is 1.94. The lowest BCUT2D eigenvalue weighted by molar-refractivity contribution is -0.115. The summed E-state index contributed by atoms with van der Waals surface area (Å²) in [4.78, 5) is 11.9. The van der Waals surface area contributed by atoms with Gasteiger partial charge in [-0.2, -0.15) is 0 Å². The summed E-state index contributed by atoms with van der Waals surface area (Å²) in [6.45, 7) is 1.80. The van der Waals surface area contributed by atoms with E-state index in [0.717, 1.165) is 11.1 Å². The standard InChI is InChI=1S/C15H14ClNO2/c1-10-5-6-13(9-14(10)18)17-15(19)8-11-3-2-4-12(16)7-11/h2-7,9,18H,8H2,1H3,(H,17,19). The summed E-state index contributed by atoms with van der Waals surface area (Å²) >= 11 is 5.86. The molecule has 0 fully saturated rings. The molecule has 2 aromatic carbocycles. The van der Waals surface area contributed by atoms with Crippen LogP contribution in [0, 0.1) is 6.92 Å². The van der Waals surface area contributed by atoms with Crippen LogP contribution in [0.15, 0.2) is 42.5 Å². The Hall–Kier alpha value is -2.00. The molecule has 2 aromatic rings. The van der Waals surface area contributed by atoms with Crippen LogP contribution >= 0.6 is 11.6 Å². The van der Waals surface area contributed by atoms with E-state index in [4.69, 9.17) is 11.6 Å². The molecule has 0 atom stereocenters. The molecule has 4 heteroatoms. The number of anilines is 1. The highest BCUT2D eigenvalue weighted by atomic mass is 35.5. The van der Waals surface area contributed by atoms with Gasteiger partial charge in [-0.1, -0.05) is 29.8 Å². The minimum absolute atomic E-state index is 0.148. The van der Waals surface area contributed by atoms with Gasteiger partial charge in [0.05, 0.1) is 6.42 Å². The molecule has 19 heavy (non-hydrogen) atoms. The van der Waals surface area contributed by atoms with Crippen molar-refractivity contribution in [2.75, 3.05) is 5.32 Å². The summed E-state index contributed by atoms with van der Waals surface area (Å²) < 4.78 is 0. The zero-order valence-corrected chi connectivity index (χ0v) is 11.2. The van der Waals surface area contributed by atoms with Crippen molar-refractivity contribution in [3.8, 4) is 5.75 Å². The number of carbonyl (C=O) groups is 1. The SMILES string of the molecule is Cc1ccc(NC(=O)Cc2cccc(Cl)c2)cc1O. The molecule has 3 nitrogen and oxygen atoms in total. The van der Waals surface area contributed by atoms with Crippen molar-refractivity contribution in [3.05, 3.63) is 58.6 Å². The average Bonchev–Trinajstić information content (AvgIpc) is 2.34. The van der Waals surface area contributed by atoms with Crippen LogP contribution in [0.4, 0.5) is 5.69 Å². The van der Waals surface area contributed by atoms with E-state index < -0.39 is 0 Å². The van der Waals surface area contributed by atoms with Gasteiger partial charge >= 0.3 is 0 Å². The van der Waals surface area contributed by atoms with Crippen molar-refractivity contribution < 1.29 is 9.90 Å². The fraction of sp³-hybridized carbons (Fsp3) is 0.133. The van der Waals surface area contributed by atoms with E-state index in [0.29, 0.717) is 10.7 Å². The van der Waals surface area contributed by atoms with Gasteiger partial charge in [0.25, 0.3) is 0 Å². The Balaban J connectivity index is 2.03. The Morgan fingerprint density at radius 2 is 2.05 bits per heavy atom. The minimum Gasteiger partial charge on any atom is -0.508 e. The minimum atomic E-state index is -0.148. The van der Waals surface area contributed by atoms with Gasteiger partial charge in [0.2, 0.25) is 5.91 Å². The second-order valence-corrected chi connectivity index (χ2v) is 4.79. The quantitative estimate of drug-likeness (QED) is 0.900. The third kappa shape index (κ3) is 3.73. The van der Waals surface area contributed by atoms with Gasteiger partial charge < -0.3 is 10.4 Å². The number of phenols is 1. The molecule has 1 amide bonds. The van der Waals surface area contributed by atoms with Crippen molar-refractivity contribution >= 4 is 23.2 Å². The Morgan fingerprint density at radius 1 is 1.26 bits per heavy atom. The van der Waals surface area contributed by atoms with E-state index in [1.165, 1.54) is 6.07 Å². The maximum Gasteiger partial charge on any atom is 0.228 e. The topological polar surface area (TPSA) is 49.3 Å². The lowest BCUT2D eigenvalue weighted by atomic mass is 10.1. The number of nitrogens with one attached hydrogen (secondary N) is 1. The first-order valence-electron chi connectivity index (χ1n) is 5.88. The molecule has 0 bridgehead atoms. The number of benzene rings is 2. The molecule has 0 heterocycles. The summed E-state index contributed by atoms with van der Waals surface area (Å²) in [5.41, 5.74) is 2.20. The lowest BCUT2D eigenvalue weighted by Crippen LogP contribution is -2.14. The maximum absolute atomic E-state index is 11.9. The summed E-state index contributed by atoms with van der Waals surface area (Å²) in [6, 6.07) is 12.2. The third-order valence-electron chi connectivity index (χ3n) is 2.75. The highest BCUT2D eigenvalue weighted by molar-refractivity contribution is 6.30. The van der Waals surface area contributed by atoms with Gasteiger partial charge in [0.15, 0.2) is 0 Å². The summed E-state index contributed by atoms with van der Waals surface area (Å²) in [5, 5.41) is 12.9. The molecule has 2 N–H and O–H groups in total. The molecule has 0 radical (unpaired) electrons. The number of aromatic hydroxyl groups is 1. The van der Waals surface area contributed by atoms with Crippen molar-refractivity contribution in [1.29, 1.82) is 0 Å². The van der Waals surface area contributed by atoms with Gasteiger partial charge in [-0.05, 0) is 36.2 Å². The summed E-state index contributed by atoms with van der Waals surface area (Å²) in [5.74, 6) is 0.0195. The van der Waals surface area contributed by atoms with E-state index in [1.807, 2.05) is 12.1 Å². The molecule has 98 valence electrons. The van der Waals surface area contributed by atoms with E-state index in [1.54, 1.807) is 31.2 Å². The highest BCUT2D eigenvalue weighted by Crippen LogP contribution is 2.21. The largest absolute Gasteiger partial charge is 0.508 e. The zero-order chi connectivity index (χ0) is 13.8. The van der Waals surface area contributed by atoms with E-state index in [9.17, 15) is 9.90 Å². The van der Waals surface area contributed by atoms with Gasteiger partial charge in [0, 0.05) is 16.8 Å². The van der Waals surface area contributed by atoms with Crippen LogP contribution < -0.4 is 5.32 Å². The van der Waals surface area contributed by atoms with Crippen LogP contribution in [0.1, 0.15) is 11.1 Å². The van der Waals surface area contributed by atoms with Crippen molar-refractivity contribution in [2.24, 2.45) is 0 Å². The van der Waals surface area contributed by atoms with Crippen LogP contribution in [0.5, 0.6) is 5.75 Å². The Kier molecular flexibility index (Phi) is 4.07. The maximum atomic E-state index is 11.9. The predicted molar refractivity (Wildman–Crippen MR) is 76.6 cm³/mol. The molecule has 0 aliphatic heterocycles. The van der Waals surface area contributed by atoms with Crippen LogP contribution in [-0.2, 0) is 11.2 Å². The zero-order valence-electron chi connectivity index (χ0n) is 10.5. The van der Waals surface area contributed by atoms with E-state index in [-0.39, 0.29) is 18.1 Å². The Morgan fingerprint density at radius 3 is 2.74 bits per heavy atom. The molecule has 0 unspecified atom stereocenters. The van der Waals surface area contributed by atoms with Crippen LogP contribution in [0.2, 0.25) is 5.02 Å². The Bertz CT molecular complexity index is 611. The number of carbonyl (C=O) groups excluding carboxylic acids is 1. The number of hydrogen-bond donors (Lipinski definition) is 2. The van der Waals surface area contributed by atoms with Crippen LogP contribution in [0.3, 0.4) is 0 Å². The lowest BCUT2D eigenvalue weighted by Gasteiger charge is -2.07. The number of halogens is 1. The molecule has 0 aliphatic carbocycles. The predicted octanol–water partition coefficient (Wildman–Crippen LogP) is 3.54. The summed E-state index contributed by atoms with van der Waals surface area (Å²) in [7, 11) is 0. The van der Waals surface area contributed by atoms with E-state index in [2.05, 4.69) is 5.32 Å².